The van der Waals surface area contributed by atoms with Crippen LogP contribution in [0.15, 0.2) is 77.0 Å². The van der Waals surface area contributed by atoms with E-state index in [1.54, 1.807) is 23.3 Å². The monoisotopic (exact) mass is 516 g/mol. The number of amidine groups is 2. The van der Waals surface area contributed by atoms with E-state index in [4.69, 9.17) is 17.3 Å². The summed E-state index contributed by atoms with van der Waals surface area (Å²) in [7, 11) is 1.89. The number of halogens is 1. The summed E-state index contributed by atoms with van der Waals surface area (Å²) < 4.78 is 0. The van der Waals surface area contributed by atoms with Crippen molar-refractivity contribution in [2.75, 3.05) is 19.3 Å². The van der Waals surface area contributed by atoms with Crippen molar-refractivity contribution < 1.29 is 4.79 Å². The summed E-state index contributed by atoms with van der Waals surface area (Å²) in [6.45, 7) is 0.971. The van der Waals surface area contributed by atoms with Gasteiger partial charge in [-0.2, -0.15) is 5.10 Å². The van der Waals surface area contributed by atoms with Crippen molar-refractivity contribution in [3.05, 3.63) is 83.2 Å². The summed E-state index contributed by atoms with van der Waals surface area (Å²) in [4.78, 5) is 26.2. The molecule has 1 aromatic heterocycles. The number of amides is 1. The second kappa shape index (κ2) is 10.6. The van der Waals surface area contributed by atoms with E-state index < -0.39 is 5.91 Å². The maximum atomic E-state index is 13.0. The minimum absolute atomic E-state index is 0.0549. The SMILES string of the molecule is CNCc1ccc(-c2cnc(N)c(C(=O)NCC3NN=C4C=CC(=Nc5cccc(Cl)c5)NN43)n2)cc1. The number of anilines is 1. The summed E-state index contributed by atoms with van der Waals surface area (Å²) in [5, 5.41) is 12.7. The fourth-order valence-electron chi connectivity index (χ4n) is 3.84. The highest BCUT2D eigenvalue weighted by atomic mass is 35.5. The van der Waals surface area contributed by atoms with Gasteiger partial charge < -0.3 is 16.4 Å². The Morgan fingerprint density at radius 2 is 2.05 bits per heavy atom. The molecule has 2 aromatic carbocycles. The van der Waals surface area contributed by atoms with Crippen molar-refractivity contribution in [2.24, 2.45) is 10.1 Å². The molecule has 3 aromatic rings. The minimum Gasteiger partial charge on any atom is -0.382 e. The summed E-state index contributed by atoms with van der Waals surface area (Å²) in [6, 6.07) is 15.1. The third kappa shape index (κ3) is 5.52. The quantitative estimate of drug-likeness (QED) is 0.321. The van der Waals surface area contributed by atoms with Gasteiger partial charge in [0.05, 0.1) is 24.1 Å². The van der Waals surface area contributed by atoms with Gasteiger partial charge in [-0.25, -0.2) is 20.0 Å². The first-order valence-electron chi connectivity index (χ1n) is 11.6. The lowest BCUT2D eigenvalue weighted by atomic mass is 10.1. The standard InChI is InChI=1S/C25H25ClN10O/c1-28-12-15-5-7-16(8-6-15)19-13-29-24(27)23(32-19)25(37)30-14-22-34-33-21-10-9-20(35-36(21)22)31-18-4-2-3-17(26)11-18/h2-11,13,22,28,34H,12,14H2,1H3,(H2,27,29)(H,30,37)(H,31,35). The van der Waals surface area contributed by atoms with Gasteiger partial charge >= 0.3 is 0 Å². The number of nitrogen functional groups attached to an aromatic ring is 1. The average Bonchev–Trinajstić information content (AvgIpc) is 3.30. The Balaban J connectivity index is 1.25. The molecule has 12 heteroatoms. The molecule has 11 nitrogen and oxygen atoms in total. The van der Waals surface area contributed by atoms with Crippen LogP contribution in [0.3, 0.4) is 0 Å². The Morgan fingerprint density at radius 3 is 2.84 bits per heavy atom. The zero-order chi connectivity index (χ0) is 25.8. The van der Waals surface area contributed by atoms with E-state index in [0.717, 1.165) is 17.7 Å². The molecule has 1 atom stereocenters. The van der Waals surface area contributed by atoms with Crippen LogP contribution in [0.2, 0.25) is 5.02 Å². The Hall–Kier alpha value is -4.48. The van der Waals surface area contributed by atoms with E-state index in [9.17, 15) is 4.79 Å². The molecule has 0 radical (unpaired) electrons. The lowest BCUT2D eigenvalue weighted by Gasteiger charge is -2.29. The van der Waals surface area contributed by atoms with E-state index in [2.05, 4.69) is 41.5 Å². The molecule has 0 bridgehead atoms. The van der Waals surface area contributed by atoms with E-state index in [0.29, 0.717) is 28.1 Å². The van der Waals surface area contributed by atoms with Crippen LogP contribution in [0.1, 0.15) is 16.1 Å². The molecule has 2 aliphatic heterocycles. The number of hydrogen-bond acceptors (Lipinski definition) is 9. The molecule has 1 amide bonds. The molecule has 1 unspecified atom stereocenters. The summed E-state index contributed by atoms with van der Waals surface area (Å²) in [6.07, 6.45) is 4.82. The van der Waals surface area contributed by atoms with Gasteiger partial charge in [-0.3, -0.25) is 15.6 Å². The Bertz CT molecular complexity index is 1400. The van der Waals surface area contributed by atoms with Gasteiger partial charge in [0.15, 0.2) is 23.5 Å². The van der Waals surface area contributed by atoms with Crippen molar-refractivity contribution >= 4 is 40.7 Å². The summed E-state index contributed by atoms with van der Waals surface area (Å²) in [5.74, 6) is 0.880. The first-order valence-corrected chi connectivity index (χ1v) is 11.9. The lowest BCUT2D eigenvalue weighted by molar-refractivity contribution is 0.0935. The predicted molar refractivity (Wildman–Crippen MR) is 144 cm³/mol. The van der Waals surface area contributed by atoms with E-state index in [1.807, 2.05) is 55.6 Å². The molecule has 2 aliphatic rings. The van der Waals surface area contributed by atoms with E-state index >= 15 is 0 Å². The van der Waals surface area contributed by atoms with Crippen LogP contribution in [0.25, 0.3) is 11.3 Å². The molecule has 0 saturated heterocycles. The lowest BCUT2D eigenvalue weighted by Crippen LogP contribution is -2.56. The number of aliphatic imine (C=N–C) groups is 1. The fourth-order valence-corrected chi connectivity index (χ4v) is 4.02. The Morgan fingerprint density at radius 1 is 1.22 bits per heavy atom. The number of fused-ring (bicyclic) bond motifs is 1. The van der Waals surface area contributed by atoms with E-state index in [1.165, 1.54) is 0 Å². The molecule has 0 saturated carbocycles. The molecule has 6 N–H and O–H groups in total. The maximum Gasteiger partial charge on any atom is 0.273 e. The van der Waals surface area contributed by atoms with Gasteiger partial charge in [0.1, 0.15) is 5.84 Å². The van der Waals surface area contributed by atoms with Crippen LogP contribution < -0.4 is 27.2 Å². The number of nitrogens with one attached hydrogen (secondary N) is 4. The predicted octanol–water partition coefficient (Wildman–Crippen LogP) is 2.18. The first kappa shape index (κ1) is 24.2. The molecule has 37 heavy (non-hydrogen) atoms. The normalized spacial score (nSPS) is 17.1. The second-order valence-electron chi connectivity index (χ2n) is 8.33. The number of hydrazine groups is 1. The van der Waals surface area contributed by atoms with Crippen LogP contribution in [0.4, 0.5) is 11.5 Å². The molecule has 188 valence electrons. The van der Waals surface area contributed by atoms with Crippen LogP contribution in [-0.2, 0) is 6.54 Å². The third-order valence-corrected chi connectivity index (χ3v) is 5.91. The van der Waals surface area contributed by atoms with Gasteiger partial charge in [0.25, 0.3) is 5.91 Å². The van der Waals surface area contributed by atoms with Crippen molar-refractivity contribution in [2.45, 2.75) is 12.7 Å². The van der Waals surface area contributed by atoms with E-state index in [-0.39, 0.29) is 24.2 Å². The second-order valence-corrected chi connectivity index (χ2v) is 8.77. The molecule has 0 fully saturated rings. The zero-order valence-corrected chi connectivity index (χ0v) is 20.7. The van der Waals surface area contributed by atoms with Gasteiger partial charge in [-0.1, -0.05) is 41.9 Å². The first-order chi connectivity index (χ1) is 18.0. The minimum atomic E-state index is -0.436. The van der Waals surface area contributed by atoms with Gasteiger partial charge in [0.2, 0.25) is 0 Å². The number of hydrogen-bond donors (Lipinski definition) is 5. The number of carbonyl (C=O) groups is 1. The van der Waals surface area contributed by atoms with Crippen LogP contribution in [0.5, 0.6) is 0 Å². The molecule has 5 rings (SSSR count). The van der Waals surface area contributed by atoms with Gasteiger partial charge in [0, 0.05) is 17.1 Å². The topological polar surface area (TPSA) is 145 Å². The molecular formula is C25H25ClN10O. The highest BCUT2D eigenvalue weighted by Crippen LogP contribution is 2.20. The van der Waals surface area contributed by atoms with Crippen molar-refractivity contribution in [3.63, 3.8) is 0 Å². The number of rotatable bonds is 7. The number of hydrazone groups is 1. The fraction of sp³-hybridized carbons (Fsp3) is 0.160. The average molecular weight is 517 g/mol. The Labute approximate surface area is 218 Å². The smallest absolute Gasteiger partial charge is 0.273 e. The zero-order valence-electron chi connectivity index (χ0n) is 19.9. The van der Waals surface area contributed by atoms with Crippen LogP contribution in [-0.4, -0.2) is 52.3 Å². The van der Waals surface area contributed by atoms with Crippen molar-refractivity contribution in [1.29, 1.82) is 0 Å². The molecular weight excluding hydrogens is 492 g/mol. The van der Waals surface area contributed by atoms with Crippen LogP contribution in [0, 0.1) is 0 Å². The third-order valence-electron chi connectivity index (χ3n) is 5.67. The largest absolute Gasteiger partial charge is 0.382 e. The summed E-state index contributed by atoms with van der Waals surface area (Å²) in [5.41, 5.74) is 15.5. The summed E-state index contributed by atoms with van der Waals surface area (Å²) >= 11 is 6.06. The van der Waals surface area contributed by atoms with Crippen molar-refractivity contribution in [3.8, 4) is 11.3 Å². The van der Waals surface area contributed by atoms with Gasteiger partial charge in [-0.05, 0) is 43.0 Å². The molecule has 3 heterocycles. The highest BCUT2D eigenvalue weighted by Gasteiger charge is 2.30. The number of carbonyl (C=O) groups excluding carboxylic acids is 1. The number of nitrogens with two attached hydrogens (primary N) is 1. The van der Waals surface area contributed by atoms with Crippen LogP contribution >= 0.6 is 11.6 Å². The highest BCUT2D eigenvalue weighted by molar-refractivity contribution is 6.30. The number of aromatic nitrogens is 2. The maximum absolute atomic E-state index is 13.0. The van der Waals surface area contributed by atoms with Crippen molar-refractivity contribution in [1.82, 2.24) is 36.5 Å². The number of benzene rings is 2. The molecule has 0 aliphatic carbocycles. The molecule has 0 spiro atoms. The van der Waals surface area contributed by atoms with Gasteiger partial charge in [-0.15, -0.1) is 0 Å². The number of nitrogens with zero attached hydrogens (tertiary/aromatic N) is 5. The Kier molecular flexibility index (Phi) is 6.97.